The Kier molecular flexibility index (Phi) is 9.34. The topological polar surface area (TPSA) is 35.2 Å². The Morgan fingerprint density at radius 2 is 1.83 bits per heavy atom. The molecule has 0 bridgehead atoms. The second kappa shape index (κ2) is 9.54. The van der Waals surface area contributed by atoms with E-state index in [9.17, 15) is 0 Å². The summed E-state index contributed by atoms with van der Waals surface area (Å²) in [7, 11) is 0. The van der Waals surface area contributed by atoms with Crippen LogP contribution in [0.25, 0.3) is 0 Å². The van der Waals surface area contributed by atoms with Crippen LogP contribution in [0.15, 0.2) is 18.2 Å². The highest BCUT2D eigenvalue weighted by Crippen LogP contribution is 2.22. The summed E-state index contributed by atoms with van der Waals surface area (Å²) >= 11 is 4.17. The Labute approximate surface area is 122 Å². The molecule has 0 unspecified atom stereocenters. The zero-order valence-electron chi connectivity index (χ0n) is 11.2. The average Bonchev–Trinajstić information content (AvgIpc) is 2.31. The van der Waals surface area contributed by atoms with Gasteiger partial charge in [0.25, 0.3) is 0 Å². The molecule has 0 aliphatic heterocycles. The summed E-state index contributed by atoms with van der Waals surface area (Å²) in [6.45, 7) is 4.93. The van der Waals surface area contributed by atoms with Crippen LogP contribution in [-0.2, 0) is 0 Å². The van der Waals surface area contributed by atoms with Crippen molar-refractivity contribution in [2.45, 2.75) is 39.2 Å². The lowest BCUT2D eigenvalue weighted by molar-refractivity contribution is 0.300. The first kappa shape index (κ1) is 17.6. The van der Waals surface area contributed by atoms with E-state index >= 15 is 0 Å². The van der Waals surface area contributed by atoms with Gasteiger partial charge in [0.1, 0.15) is 5.75 Å². The highest BCUT2D eigenvalue weighted by atomic mass is 35.5. The van der Waals surface area contributed by atoms with Crippen LogP contribution >= 0.6 is 25.0 Å². The van der Waals surface area contributed by atoms with E-state index in [2.05, 4.69) is 44.7 Å². The third-order valence-corrected chi connectivity index (χ3v) is 3.33. The minimum Gasteiger partial charge on any atom is -0.493 e. The number of halogens is 1. The van der Waals surface area contributed by atoms with Gasteiger partial charge in [0.15, 0.2) is 0 Å². The minimum absolute atomic E-state index is 0. The van der Waals surface area contributed by atoms with E-state index in [1.807, 2.05) is 0 Å². The fraction of sp³-hybridized carbons (Fsp3) is 0.571. The van der Waals surface area contributed by atoms with E-state index in [-0.39, 0.29) is 18.4 Å². The SMILES string of the molecule is Cc1cccc(C)c1OCCCC[C@@H](N)CS.Cl. The van der Waals surface area contributed by atoms with E-state index < -0.39 is 0 Å². The van der Waals surface area contributed by atoms with Gasteiger partial charge >= 0.3 is 0 Å². The number of unbranched alkanes of at least 4 members (excludes halogenated alkanes) is 1. The van der Waals surface area contributed by atoms with E-state index in [0.29, 0.717) is 0 Å². The van der Waals surface area contributed by atoms with Gasteiger partial charge in [0, 0.05) is 11.8 Å². The second-order valence-corrected chi connectivity index (χ2v) is 4.87. The number of benzene rings is 1. The summed E-state index contributed by atoms with van der Waals surface area (Å²) in [5, 5.41) is 0. The molecule has 1 rings (SSSR count). The van der Waals surface area contributed by atoms with E-state index in [0.717, 1.165) is 37.4 Å². The Morgan fingerprint density at radius 3 is 2.39 bits per heavy atom. The summed E-state index contributed by atoms with van der Waals surface area (Å²) in [5.41, 5.74) is 8.21. The lowest BCUT2D eigenvalue weighted by Gasteiger charge is -2.12. The van der Waals surface area contributed by atoms with Crippen molar-refractivity contribution in [3.05, 3.63) is 29.3 Å². The number of hydrogen-bond donors (Lipinski definition) is 2. The van der Waals surface area contributed by atoms with Crippen molar-refractivity contribution in [3.8, 4) is 5.75 Å². The quantitative estimate of drug-likeness (QED) is 0.595. The lowest BCUT2D eigenvalue weighted by atomic mass is 10.1. The fourth-order valence-corrected chi connectivity index (χ4v) is 1.98. The number of ether oxygens (including phenoxy) is 1. The number of rotatable bonds is 7. The fourth-order valence-electron chi connectivity index (χ4n) is 1.80. The molecule has 2 nitrogen and oxygen atoms in total. The van der Waals surface area contributed by atoms with Crippen LogP contribution in [0.2, 0.25) is 0 Å². The number of aryl methyl sites for hydroxylation is 2. The number of hydrogen-bond acceptors (Lipinski definition) is 3. The largest absolute Gasteiger partial charge is 0.493 e. The summed E-state index contributed by atoms with van der Waals surface area (Å²) in [6.07, 6.45) is 3.18. The van der Waals surface area contributed by atoms with Gasteiger partial charge in [0.2, 0.25) is 0 Å². The van der Waals surface area contributed by atoms with Crippen LogP contribution < -0.4 is 10.5 Å². The van der Waals surface area contributed by atoms with Crippen molar-refractivity contribution in [2.24, 2.45) is 5.73 Å². The number of para-hydroxylation sites is 1. The maximum Gasteiger partial charge on any atom is 0.125 e. The first-order valence-corrected chi connectivity index (χ1v) is 6.84. The predicted octanol–water partition coefficient (Wildman–Crippen LogP) is 3.53. The van der Waals surface area contributed by atoms with E-state index in [1.54, 1.807) is 0 Å². The molecule has 2 N–H and O–H groups in total. The Hall–Kier alpha value is -0.380. The summed E-state index contributed by atoms with van der Waals surface area (Å²) in [5.74, 6) is 1.79. The molecule has 0 radical (unpaired) electrons. The molecule has 0 heterocycles. The second-order valence-electron chi connectivity index (χ2n) is 4.51. The van der Waals surface area contributed by atoms with Crippen molar-refractivity contribution >= 4 is 25.0 Å². The van der Waals surface area contributed by atoms with Crippen molar-refractivity contribution in [3.63, 3.8) is 0 Å². The normalized spacial score (nSPS) is 11.8. The van der Waals surface area contributed by atoms with Gasteiger partial charge in [-0.2, -0.15) is 12.6 Å². The van der Waals surface area contributed by atoms with Crippen LogP contribution in [0, 0.1) is 13.8 Å². The van der Waals surface area contributed by atoms with E-state index in [1.165, 1.54) is 11.1 Å². The van der Waals surface area contributed by atoms with Gasteiger partial charge < -0.3 is 10.5 Å². The molecular weight excluding hydrogens is 266 g/mol. The predicted molar refractivity (Wildman–Crippen MR) is 84.3 cm³/mol. The van der Waals surface area contributed by atoms with Gasteiger partial charge in [-0.3, -0.25) is 0 Å². The van der Waals surface area contributed by atoms with Crippen LogP contribution in [0.5, 0.6) is 5.75 Å². The molecule has 0 amide bonds. The van der Waals surface area contributed by atoms with Crippen LogP contribution in [-0.4, -0.2) is 18.4 Å². The zero-order valence-corrected chi connectivity index (χ0v) is 12.9. The highest BCUT2D eigenvalue weighted by Gasteiger charge is 2.03. The first-order chi connectivity index (χ1) is 8.15. The molecule has 0 aliphatic rings. The Balaban J connectivity index is 0.00000289. The molecule has 0 aromatic heterocycles. The first-order valence-electron chi connectivity index (χ1n) is 6.20. The number of nitrogens with two attached hydrogens (primary N) is 1. The van der Waals surface area contributed by atoms with Gasteiger partial charge in [-0.1, -0.05) is 18.2 Å². The molecule has 18 heavy (non-hydrogen) atoms. The monoisotopic (exact) mass is 289 g/mol. The molecular formula is C14H24ClNOS. The molecule has 1 aromatic rings. The zero-order chi connectivity index (χ0) is 12.7. The standard InChI is InChI=1S/C14H23NOS.ClH/c1-11-6-5-7-12(2)14(11)16-9-4-3-8-13(15)10-17;/h5-7,13,17H,3-4,8-10,15H2,1-2H3;1H/t13-;/m1./s1. The van der Waals surface area contributed by atoms with Crippen molar-refractivity contribution in [1.82, 2.24) is 0 Å². The van der Waals surface area contributed by atoms with E-state index in [4.69, 9.17) is 10.5 Å². The number of thiol groups is 1. The molecule has 0 saturated heterocycles. The molecule has 1 atom stereocenters. The van der Waals surface area contributed by atoms with Gasteiger partial charge in [-0.05, 0) is 44.2 Å². The highest BCUT2D eigenvalue weighted by molar-refractivity contribution is 7.80. The molecule has 0 aliphatic carbocycles. The third kappa shape index (κ3) is 5.98. The molecule has 4 heteroatoms. The lowest BCUT2D eigenvalue weighted by Crippen LogP contribution is -2.21. The van der Waals surface area contributed by atoms with Gasteiger partial charge in [-0.25, -0.2) is 0 Å². The molecule has 0 spiro atoms. The van der Waals surface area contributed by atoms with Crippen LogP contribution in [0.4, 0.5) is 0 Å². The van der Waals surface area contributed by atoms with Crippen molar-refractivity contribution in [1.29, 1.82) is 0 Å². The van der Waals surface area contributed by atoms with Crippen molar-refractivity contribution in [2.75, 3.05) is 12.4 Å². The summed E-state index contributed by atoms with van der Waals surface area (Å²) in [4.78, 5) is 0. The van der Waals surface area contributed by atoms with Crippen LogP contribution in [0.1, 0.15) is 30.4 Å². The Morgan fingerprint density at radius 1 is 1.22 bits per heavy atom. The maximum atomic E-state index is 5.82. The molecule has 0 fully saturated rings. The average molecular weight is 290 g/mol. The molecule has 104 valence electrons. The maximum absolute atomic E-state index is 5.82. The van der Waals surface area contributed by atoms with Gasteiger partial charge in [0.05, 0.1) is 6.61 Å². The van der Waals surface area contributed by atoms with Gasteiger partial charge in [-0.15, -0.1) is 12.4 Å². The Bertz CT molecular complexity index is 326. The minimum atomic E-state index is 0. The smallest absolute Gasteiger partial charge is 0.125 e. The summed E-state index contributed by atoms with van der Waals surface area (Å²) in [6, 6.07) is 6.44. The third-order valence-electron chi connectivity index (χ3n) is 2.86. The van der Waals surface area contributed by atoms with Crippen LogP contribution in [0.3, 0.4) is 0 Å². The summed E-state index contributed by atoms with van der Waals surface area (Å²) < 4.78 is 5.82. The molecule has 1 aromatic carbocycles. The molecule has 0 saturated carbocycles. The van der Waals surface area contributed by atoms with Crippen molar-refractivity contribution < 1.29 is 4.74 Å².